The minimum absolute atomic E-state index is 0.00531. The van der Waals surface area contributed by atoms with E-state index in [0.717, 1.165) is 24.0 Å². The van der Waals surface area contributed by atoms with Gasteiger partial charge < -0.3 is 4.90 Å². The quantitative estimate of drug-likeness (QED) is 0.575. The summed E-state index contributed by atoms with van der Waals surface area (Å²) in [6.45, 7) is 9.26. The standard InChI is InChI=1S/C19H23Cl2NO/c1-13(2)15-9-10-18(3,20)16-12-22(17(23)19(15,16)21)11-14-7-5-4-6-8-14/h4-8,15-16H,1,9-12H2,2-3H3/t15-,16+,18+,19+/m1/s1. The van der Waals surface area contributed by atoms with E-state index in [1.54, 1.807) is 0 Å². The number of likely N-dealkylation sites (tertiary alicyclic amines) is 1. The topological polar surface area (TPSA) is 20.3 Å². The van der Waals surface area contributed by atoms with Crippen molar-refractivity contribution in [2.75, 3.05) is 6.54 Å². The molecule has 0 radical (unpaired) electrons. The van der Waals surface area contributed by atoms with Gasteiger partial charge >= 0.3 is 0 Å². The molecule has 1 aromatic rings. The first kappa shape index (κ1) is 16.9. The molecule has 124 valence electrons. The SMILES string of the molecule is C=C(C)[C@H]1CC[C@](C)(Cl)[C@@H]2CN(Cc3ccccc3)C(=O)[C@]12Cl. The van der Waals surface area contributed by atoms with E-state index >= 15 is 0 Å². The molecule has 0 N–H and O–H groups in total. The van der Waals surface area contributed by atoms with Crippen molar-refractivity contribution in [3.05, 3.63) is 48.0 Å². The molecule has 1 amide bonds. The van der Waals surface area contributed by atoms with Crippen LogP contribution in [0.15, 0.2) is 42.5 Å². The third-order valence-electron chi connectivity index (χ3n) is 5.49. The average molecular weight is 352 g/mol. The largest absolute Gasteiger partial charge is 0.336 e. The molecule has 2 nitrogen and oxygen atoms in total. The summed E-state index contributed by atoms with van der Waals surface area (Å²) in [6.07, 6.45) is 1.68. The van der Waals surface area contributed by atoms with Gasteiger partial charge in [0.15, 0.2) is 0 Å². The molecule has 2 fully saturated rings. The van der Waals surface area contributed by atoms with Gasteiger partial charge in [-0.2, -0.15) is 0 Å². The fraction of sp³-hybridized carbons (Fsp3) is 0.526. The lowest BCUT2D eigenvalue weighted by Gasteiger charge is -2.46. The molecular weight excluding hydrogens is 329 g/mol. The van der Waals surface area contributed by atoms with Crippen molar-refractivity contribution in [3.8, 4) is 0 Å². The highest BCUT2D eigenvalue weighted by Gasteiger charge is 2.64. The lowest BCUT2D eigenvalue weighted by atomic mass is 9.65. The lowest BCUT2D eigenvalue weighted by Crippen LogP contribution is -2.54. The van der Waals surface area contributed by atoms with Crippen molar-refractivity contribution in [1.82, 2.24) is 4.90 Å². The highest BCUT2D eigenvalue weighted by molar-refractivity contribution is 6.37. The Labute approximate surface area is 148 Å². The van der Waals surface area contributed by atoms with Crippen LogP contribution in [0.3, 0.4) is 0 Å². The van der Waals surface area contributed by atoms with Crippen LogP contribution in [0, 0.1) is 11.8 Å². The highest BCUT2D eigenvalue weighted by Crippen LogP contribution is 2.56. The van der Waals surface area contributed by atoms with E-state index in [1.807, 2.05) is 49.1 Å². The van der Waals surface area contributed by atoms with Gasteiger partial charge in [-0.1, -0.05) is 42.5 Å². The van der Waals surface area contributed by atoms with Crippen LogP contribution >= 0.6 is 23.2 Å². The number of allylic oxidation sites excluding steroid dienone is 1. The van der Waals surface area contributed by atoms with Crippen LogP contribution in [0.25, 0.3) is 0 Å². The third-order valence-corrected chi connectivity index (χ3v) is 6.63. The molecule has 1 saturated heterocycles. The summed E-state index contributed by atoms with van der Waals surface area (Å²) in [5, 5.41) is 0. The second-order valence-electron chi connectivity index (χ2n) is 7.21. The molecule has 1 aliphatic carbocycles. The predicted molar refractivity (Wildman–Crippen MR) is 95.7 cm³/mol. The molecule has 4 atom stereocenters. The fourth-order valence-electron chi connectivity index (χ4n) is 4.20. The third kappa shape index (κ3) is 2.70. The van der Waals surface area contributed by atoms with Crippen LogP contribution in [0.5, 0.6) is 0 Å². The van der Waals surface area contributed by atoms with Crippen molar-refractivity contribution in [3.63, 3.8) is 0 Å². The van der Waals surface area contributed by atoms with Crippen LogP contribution in [-0.2, 0) is 11.3 Å². The van der Waals surface area contributed by atoms with Gasteiger partial charge in [0, 0.05) is 29.8 Å². The summed E-state index contributed by atoms with van der Waals surface area (Å²) >= 11 is 13.8. The summed E-state index contributed by atoms with van der Waals surface area (Å²) in [5.41, 5.74) is 2.09. The summed E-state index contributed by atoms with van der Waals surface area (Å²) < 4.78 is 0. The molecule has 3 rings (SSSR count). The number of hydrogen-bond acceptors (Lipinski definition) is 1. The number of fused-ring (bicyclic) bond motifs is 1. The Kier molecular flexibility index (Phi) is 4.27. The molecule has 1 aromatic carbocycles. The molecule has 1 aliphatic heterocycles. The number of halogens is 2. The zero-order valence-corrected chi connectivity index (χ0v) is 15.2. The number of rotatable bonds is 3. The average Bonchev–Trinajstić information content (AvgIpc) is 2.74. The Morgan fingerprint density at radius 3 is 2.61 bits per heavy atom. The summed E-state index contributed by atoms with van der Waals surface area (Å²) in [5.74, 6) is -0.0631. The lowest BCUT2D eigenvalue weighted by molar-refractivity contribution is -0.132. The maximum atomic E-state index is 13.2. The van der Waals surface area contributed by atoms with Crippen molar-refractivity contribution in [2.45, 2.75) is 43.0 Å². The minimum atomic E-state index is -0.949. The molecule has 0 spiro atoms. The number of carbonyl (C=O) groups excluding carboxylic acids is 1. The first-order valence-corrected chi connectivity index (χ1v) is 8.89. The fourth-order valence-corrected chi connectivity index (χ4v) is 5.33. The monoisotopic (exact) mass is 351 g/mol. The van der Waals surface area contributed by atoms with E-state index in [2.05, 4.69) is 6.58 Å². The predicted octanol–water partition coefficient (Wildman–Crippen LogP) is 4.61. The Morgan fingerprint density at radius 1 is 1.35 bits per heavy atom. The number of amides is 1. The van der Waals surface area contributed by atoms with Crippen molar-refractivity contribution < 1.29 is 4.79 Å². The highest BCUT2D eigenvalue weighted by atomic mass is 35.5. The van der Waals surface area contributed by atoms with Gasteiger partial charge in [0.2, 0.25) is 5.91 Å². The van der Waals surface area contributed by atoms with Gasteiger partial charge in [0.05, 0.1) is 0 Å². The maximum absolute atomic E-state index is 13.2. The van der Waals surface area contributed by atoms with Crippen molar-refractivity contribution in [1.29, 1.82) is 0 Å². The van der Waals surface area contributed by atoms with E-state index in [4.69, 9.17) is 23.2 Å². The van der Waals surface area contributed by atoms with Gasteiger partial charge in [-0.25, -0.2) is 0 Å². The number of nitrogens with zero attached hydrogens (tertiary/aromatic N) is 1. The van der Waals surface area contributed by atoms with E-state index < -0.39 is 9.75 Å². The summed E-state index contributed by atoms with van der Waals surface area (Å²) in [6, 6.07) is 10.0. The van der Waals surface area contributed by atoms with E-state index in [1.165, 1.54) is 0 Å². The van der Waals surface area contributed by atoms with Crippen LogP contribution < -0.4 is 0 Å². The molecule has 1 saturated carbocycles. The van der Waals surface area contributed by atoms with E-state index in [9.17, 15) is 4.79 Å². The second kappa shape index (κ2) is 5.82. The normalized spacial score (nSPS) is 36.9. The molecular formula is C19H23Cl2NO. The van der Waals surface area contributed by atoms with Crippen molar-refractivity contribution >= 4 is 29.1 Å². The number of carbonyl (C=O) groups is 1. The Bertz CT molecular complexity index is 628. The number of benzene rings is 1. The summed E-state index contributed by atoms with van der Waals surface area (Å²) in [7, 11) is 0. The molecule has 0 bridgehead atoms. The first-order valence-electron chi connectivity index (χ1n) is 8.13. The van der Waals surface area contributed by atoms with Gasteiger partial charge in [0.25, 0.3) is 0 Å². The first-order chi connectivity index (χ1) is 10.8. The minimum Gasteiger partial charge on any atom is -0.336 e. The van der Waals surface area contributed by atoms with Crippen LogP contribution in [0.2, 0.25) is 0 Å². The second-order valence-corrected chi connectivity index (χ2v) is 8.70. The van der Waals surface area contributed by atoms with Crippen molar-refractivity contribution in [2.24, 2.45) is 11.8 Å². The van der Waals surface area contributed by atoms with Gasteiger partial charge in [-0.15, -0.1) is 23.2 Å². The Morgan fingerprint density at radius 2 is 2.00 bits per heavy atom. The molecule has 0 aromatic heterocycles. The summed E-state index contributed by atoms with van der Waals surface area (Å²) in [4.78, 5) is 13.6. The molecule has 4 heteroatoms. The van der Waals surface area contributed by atoms with E-state index in [-0.39, 0.29) is 17.7 Å². The Balaban J connectivity index is 1.94. The molecule has 1 heterocycles. The molecule has 0 unspecified atom stereocenters. The van der Waals surface area contributed by atoms with Crippen LogP contribution in [0.4, 0.5) is 0 Å². The zero-order valence-electron chi connectivity index (χ0n) is 13.7. The number of alkyl halides is 2. The van der Waals surface area contributed by atoms with E-state index in [0.29, 0.717) is 13.1 Å². The number of hydrogen-bond donors (Lipinski definition) is 0. The molecule has 23 heavy (non-hydrogen) atoms. The maximum Gasteiger partial charge on any atom is 0.245 e. The van der Waals surface area contributed by atoms with Gasteiger partial charge in [-0.3, -0.25) is 4.79 Å². The molecule has 2 aliphatic rings. The van der Waals surface area contributed by atoms with Gasteiger partial charge in [-0.05, 0) is 32.3 Å². The van der Waals surface area contributed by atoms with Crippen LogP contribution in [0.1, 0.15) is 32.3 Å². The Hall–Kier alpha value is -0.990. The zero-order chi connectivity index (χ0) is 16.8. The smallest absolute Gasteiger partial charge is 0.245 e. The van der Waals surface area contributed by atoms with Crippen LogP contribution in [-0.4, -0.2) is 27.1 Å². The van der Waals surface area contributed by atoms with Gasteiger partial charge in [0.1, 0.15) is 4.87 Å².